The van der Waals surface area contributed by atoms with Crippen molar-refractivity contribution in [1.82, 2.24) is 26.4 Å². The van der Waals surface area contributed by atoms with Crippen LogP contribution in [0.25, 0.3) is 0 Å². The number of fused-ring (bicyclic) bond motifs is 1. The summed E-state index contributed by atoms with van der Waals surface area (Å²) < 4.78 is 0. The number of hydrogen-bond acceptors (Lipinski definition) is 4. The van der Waals surface area contributed by atoms with Crippen LogP contribution < -0.4 is 16.2 Å². The number of benzene rings is 1. The predicted octanol–water partition coefficient (Wildman–Crippen LogP) is 1.81. The molecule has 3 rings (SSSR count). The first kappa shape index (κ1) is 20.6. The lowest BCUT2D eigenvalue weighted by atomic mass is 9.96. The van der Waals surface area contributed by atoms with Crippen LogP contribution in [0.1, 0.15) is 64.4 Å². The van der Waals surface area contributed by atoms with Crippen molar-refractivity contribution in [3.63, 3.8) is 0 Å². The summed E-state index contributed by atoms with van der Waals surface area (Å²) in [5, 5.41) is 9.73. The van der Waals surface area contributed by atoms with Gasteiger partial charge in [0.15, 0.2) is 5.69 Å². The molecule has 8 heteroatoms. The van der Waals surface area contributed by atoms with Crippen molar-refractivity contribution in [1.29, 1.82) is 0 Å². The van der Waals surface area contributed by atoms with Gasteiger partial charge in [0.2, 0.25) is 0 Å². The van der Waals surface area contributed by atoms with Crippen LogP contribution in [0.4, 0.5) is 0 Å². The molecule has 0 aliphatic heterocycles. The first-order chi connectivity index (χ1) is 13.9. The lowest BCUT2D eigenvalue weighted by molar-refractivity contribution is -0.124. The molecular weight excluding hydrogens is 370 g/mol. The Morgan fingerprint density at radius 1 is 1.00 bits per heavy atom. The molecule has 1 atom stereocenters. The fraction of sp³-hybridized carbons (Fsp3) is 0.429. The molecule has 2 aromatic rings. The second kappa shape index (κ2) is 8.89. The minimum Gasteiger partial charge on any atom is -0.340 e. The van der Waals surface area contributed by atoms with Gasteiger partial charge in [-0.3, -0.25) is 30.3 Å². The maximum absolute atomic E-state index is 12.6. The SMILES string of the molecule is Cc1ccc(C(=O)N[C@H](C(=O)NNC(=O)c2n[nH]c3c2CCCC3)C(C)C)cc1. The first-order valence-corrected chi connectivity index (χ1v) is 9.90. The standard InChI is InChI=1S/C21H27N5O3/c1-12(2)17(22-19(27)14-10-8-13(3)9-11-14)20(28)25-26-21(29)18-15-6-4-5-7-16(15)23-24-18/h8-12,17H,4-7H2,1-3H3,(H,22,27)(H,23,24)(H,25,28)(H,26,29)/t17-/m0/s1. The van der Waals surface area contributed by atoms with Gasteiger partial charge in [-0.2, -0.15) is 5.10 Å². The third-order valence-corrected chi connectivity index (χ3v) is 5.12. The summed E-state index contributed by atoms with van der Waals surface area (Å²) in [4.78, 5) is 37.5. The fourth-order valence-corrected chi connectivity index (χ4v) is 3.39. The molecule has 154 valence electrons. The number of amides is 3. The lowest BCUT2D eigenvalue weighted by Crippen LogP contribution is -2.54. The number of carbonyl (C=O) groups excluding carboxylic acids is 3. The van der Waals surface area contributed by atoms with E-state index in [0.29, 0.717) is 11.3 Å². The molecule has 1 heterocycles. The summed E-state index contributed by atoms with van der Waals surface area (Å²) in [6.45, 7) is 5.59. The van der Waals surface area contributed by atoms with Gasteiger partial charge >= 0.3 is 0 Å². The molecule has 0 fully saturated rings. The monoisotopic (exact) mass is 397 g/mol. The highest BCUT2D eigenvalue weighted by Gasteiger charge is 2.26. The van der Waals surface area contributed by atoms with E-state index in [-0.39, 0.29) is 11.8 Å². The van der Waals surface area contributed by atoms with Crippen molar-refractivity contribution in [2.75, 3.05) is 0 Å². The molecule has 0 unspecified atom stereocenters. The number of nitrogens with zero attached hydrogens (tertiary/aromatic N) is 1. The number of aromatic amines is 1. The maximum atomic E-state index is 12.6. The van der Waals surface area contributed by atoms with E-state index < -0.39 is 17.9 Å². The van der Waals surface area contributed by atoms with Crippen LogP contribution >= 0.6 is 0 Å². The van der Waals surface area contributed by atoms with Gasteiger partial charge in [0.25, 0.3) is 17.7 Å². The van der Waals surface area contributed by atoms with Gasteiger partial charge in [-0.15, -0.1) is 0 Å². The third kappa shape index (κ3) is 4.82. The van der Waals surface area contributed by atoms with Crippen LogP contribution in [0.15, 0.2) is 24.3 Å². The van der Waals surface area contributed by atoms with Crippen molar-refractivity contribution >= 4 is 17.7 Å². The van der Waals surface area contributed by atoms with Crippen molar-refractivity contribution in [3.05, 3.63) is 52.3 Å². The second-order valence-electron chi connectivity index (χ2n) is 7.74. The molecule has 1 aromatic carbocycles. The zero-order valence-electron chi connectivity index (χ0n) is 17.0. The molecule has 0 saturated carbocycles. The van der Waals surface area contributed by atoms with Gasteiger partial charge in [0.1, 0.15) is 6.04 Å². The summed E-state index contributed by atoms with van der Waals surface area (Å²) in [5.74, 6) is -1.46. The second-order valence-corrected chi connectivity index (χ2v) is 7.74. The molecule has 4 N–H and O–H groups in total. The maximum Gasteiger partial charge on any atom is 0.290 e. The quantitative estimate of drug-likeness (QED) is 0.576. The minimum atomic E-state index is -0.794. The Balaban J connectivity index is 1.61. The Morgan fingerprint density at radius 2 is 1.69 bits per heavy atom. The summed E-state index contributed by atoms with van der Waals surface area (Å²) >= 11 is 0. The van der Waals surface area contributed by atoms with E-state index in [4.69, 9.17) is 0 Å². The van der Waals surface area contributed by atoms with Crippen molar-refractivity contribution in [3.8, 4) is 0 Å². The minimum absolute atomic E-state index is 0.167. The molecule has 0 spiro atoms. The van der Waals surface area contributed by atoms with Gasteiger partial charge in [-0.05, 0) is 50.7 Å². The number of rotatable bonds is 5. The number of carbonyl (C=O) groups is 3. The van der Waals surface area contributed by atoms with E-state index >= 15 is 0 Å². The van der Waals surface area contributed by atoms with Crippen LogP contribution in [0, 0.1) is 12.8 Å². The van der Waals surface area contributed by atoms with Crippen LogP contribution in [0.2, 0.25) is 0 Å². The predicted molar refractivity (Wildman–Crippen MR) is 108 cm³/mol. The van der Waals surface area contributed by atoms with Gasteiger partial charge in [-0.1, -0.05) is 31.5 Å². The van der Waals surface area contributed by atoms with E-state index in [2.05, 4.69) is 26.4 Å². The molecule has 0 bridgehead atoms. The van der Waals surface area contributed by atoms with Gasteiger partial charge in [0.05, 0.1) is 0 Å². The van der Waals surface area contributed by atoms with E-state index in [1.165, 1.54) is 0 Å². The van der Waals surface area contributed by atoms with Crippen molar-refractivity contribution < 1.29 is 14.4 Å². The molecule has 0 radical (unpaired) electrons. The molecule has 3 amide bonds. The van der Waals surface area contributed by atoms with Crippen LogP contribution in [0.5, 0.6) is 0 Å². The largest absolute Gasteiger partial charge is 0.340 e. The Bertz CT molecular complexity index is 902. The highest BCUT2D eigenvalue weighted by atomic mass is 16.2. The van der Waals surface area contributed by atoms with Crippen LogP contribution in [-0.2, 0) is 17.6 Å². The zero-order valence-corrected chi connectivity index (χ0v) is 17.0. The number of H-pyrrole nitrogens is 1. The molecule has 8 nitrogen and oxygen atoms in total. The topological polar surface area (TPSA) is 116 Å². The Kier molecular flexibility index (Phi) is 6.31. The zero-order chi connectivity index (χ0) is 21.0. The number of nitrogens with one attached hydrogen (secondary N) is 4. The summed E-state index contributed by atoms with van der Waals surface area (Å²) in [5.41, 5.74) is 8.56. The Morgan fingerprint density at radius 3 is 2.38 bits per heavy atom. The van der Waals surface area contributed by atoms with E-state index in [9.17, 15) is 14.4 Å². The average Bonchev–Trinajstić information content (AvgIpc) is 3.14. The summed E-state index contributed by atoms with van der Waals surface area (Å²) in [6, 6.07) is 6.30. The van der Waals surface area contributed by atoms with E-state index in [1.807, 2.05) is 32.9 Å². The third-order valence-electron chi connectivity index (χ3n) is 5.12. The van der Waals surface area contributed by atoms with E-state index in [0.717, 1.165) is 42.5 Å². The van der Waals surface area contributed by atoms with Gasteiger partial charge < -0.3 is 5.32 Å². The van der Waals surface area contributed by atoms with Crippen LogP contribution in [-0.4, -0.2) is 34.0 Å². The Hall–Kier alpha value is -3.16. The normalized spacial score (nSPS) is 14.1. The molecule has 1 aliphatic rings. The average molecular weight is 397 g/mol. The van der Waals surface area contributed by atoms with Gasteiger partial charge in [0, 0.05) is 16.8 Å². The van der Waals surface area contributed by atoms with Gasteiger partial charge in [-0.25, -0.2) is 0 Å². The molecule has 1 aromatic heterocycles. The molecule has 29 heavy (non-hydrogen) atoms. The lowest BCUT2D eigenvalue weighted by Gasteiger charge is -2.22. The van der Waals surface area contributed by atoms with Crippen molar-refractivity contribution in [2.24, 2.45) is 5.92 Å². The number of aryl methyl sites for hydroxylation is 2. The fourth-order valence-electron chi connectivity index (χ4n) is 3.39. The molecular formula is C21H27N5O3. The smallest absolute Gasteiger partial charge is 0.290 e. The molecule has 1 aliphatic carbocycles. The van der Waals surface area contributed by atoms with Crippen LogP contribution in [0.3, 0.4) is 0 Å². The number of aromatic nitrogens is 2. The summed E-state index contributed by atoms with van der Waals surface area (Å²) in [6.07, 6.45) is 3.76. The highest BCUT2D eigenvalue weighted by molar-refractivity contribution is 5.99. The Labute approximate surface area is 169 Å². The highest BCUT2D eigenvalue weighted by Crippen LogP contribution is 2.21. The van der Waals surface area contributed by atoms with E-state index in [1.54, 1.807) is 12.1 Å². The number of hydrogen-bond donors (Lipinski definition) is 4. The summed E-state index contributed by atoms with van der Waals surface area (Å²) in [7, 11) is 0. The number of hydrazine groups is 1. The van der Waals surface area contributed by atoms with Crippen molar-refractivity contribution in [2.45, 2.75) is 52.5 Å². The first-order valence-electron chi connectivity index (χ1n) is 9.90. The molecule has 0 saturated heterocycles.